The minimum atomic E-state index is -3.65. The fourth-order valence-corrected chi connectivity index (χ4v) is 1.74. The van der Waals surface area contributed by atoms with E-state index in [-0.39, 0.29) is 24.3 Å². The van der Waals surface area contributed by atoms with Gasteiger partial charge in [-0.25, -0.2) is 4.39 Å². The van der Waals surface area contributed by atoms with Crippen LogP contribution in [0.3, 0.4) is 0 Å². The highest BCUT2D eigenvalue weighted by Gasteiger charge is 2.13. The molecule has 0 aliphatic carbocycles. The van der Waals surface area contributed by atoms with Crippen LogP contribution in [0.5, 0.6) is 0 Å². The van der Waals surface area contributed by atoms with E-state index in [9.17, 15) is 12.8 Å². The van der Waals surface area contributed by atoms with E-state index in [1.54, 1.807) is 0 Å². The zero-order valence-electron chi connectivity index (χ0n) is 10.6. The number of benzene rings is 1. The van der Waals surface area contributed by atoms with Crippen molar-refractivity contribution in [2.24, 2.45) is 0 Å². The lowest BCUT2D eigenvalue weighted by atomic mass is 10.2. The molecule has 0 spiro atoms. The van der Waals surface area contributed by atoms with E-state index in [1.165, 1.54) is 26.2 Å². The molecular weight excluding hydrogens is 271 g/mol. The summed E-state index contributed by atoms with van der Waals surface area (Å²) >= 11 is 0. The predicted molar refractivity (Wildman–Crippen MR) is 71.2 cm³/mol. The molecule has 0 heterocycles. The first kappa shape index (κ1) is 15.4. The first-order chi connectivity index (χ1) is 8.86. The molecule has 5 nitrogen and oxygen atoms in total. The van der Waals surface area contributed by atoms with Gasteiger partial charge in [0.05, 0.1) is 17.9 Å². The Kier molecular flexibility index (Phi) is 5.30. The van der Waals surface area contributed by atoms with Crippen LogP contribution in [0.2, 0.25) is 0 Å². The Morgan fingerprint density at radius 2 is 2.11 bits per heavy atom. The van der Waals surface area contributed by atoms with Gasteiger partial charge < -0.3 is 5.11 Å². The van der Waals surface area contributed by atoms with E-state index in [2.05, 4.69) is 16.6 Å². The van der Waals surface area contributed by atoms with Crippen LogP contribution in [0.1, 0.15) is 12.0 Å². The Labute approximate surface area is 112 Å². The van der Waals surface area contributed by atoms with Crippen LogP contribution in [0, 0.1) is 17.7 Å². The average molecular weight is 286 g/mol. The molecule has 0 atom stereocenters. The van der Waals surface area contributed by atoms with Crippen LogP contribution in [0.25, 0.3) is 0 Å². The van der Waals surface area contributed by atoms with Crippen LogP contribution in [-0.2, 0) is 10.2 Å². The van der Waals surface area contributed by atoms with Crippen LogP contribution < -0.4 is 4.72 Å². The van der Waals surface area contributed by atoms with Gasteiger partial charge in [0.2, 0.25) is 0 Å². The standard InChI is InChI=1S/C12H15FN2O3S/c1-15(2)19(17,18)14-11-7-6-10(12(13)9-11)5-3-4-8-16/h6-7,9,14,16H,4,8H2,1-2H3. The number of halogens is 1. The first-order valence-corrected chi connectivity index (χ1v) is 6.90. The zero-order chi connectivity index (χ0) is 14.5. The average Bonchev–Trinajstić information content (AvgIpc) is 2.31. The minimum absolute atomic E-state index is 0.0880. The minimum Gasteiger partial charge on any atom is -0.395 e. The fourth-order valence-electron chi connectivity index (χ4n) is 1.13. The molecule has 0 saturated carbocycles. The summed E-state index contributed by atoms with van der Waals surface area (Å²) in [5.74, 6) is 4.52. The zero-order valence-corrected chi connectivity index (χ0v) is 11.5. The first-order valence-electron chi connectivity index (χ1n) is 5.46. The second-order valence-electron chi connectivity index (χ2n) is 3.86. The van der Waals surface area contributed by atoms with Crippen molar-refractivity contribution in [1.82, 2.24) is 4.31 Å². The second kappa shape index (κ2) is 6.52. The highest BCUT2D eigenvalue weighted by molar-refractivity contribution is 7.90. The van der Waals surface area contributed by atoms with Crippen molar-refractivity contribution < 1.29 is 17.9 Å². The summed E-state index contributed by atoms with van der Waals surface area (Å²) in [7, 11) is -0.917. The topological polar surface area (TPSA) is 69.6 Å². The lowest BCUT2D eigenvalue weighted by molar-refractivity contribution is 0.305. The summed E-state index contributed by atoms with van der Waals surface area (Å²) in [6.07, 6.45) is 0.258. The molecule has 1 aromatic rings. The summed E-state index contributed by atoms with van der Waals surface area (Å²) in [5.41, 5.74) is 0.278. The van der Waals surface area contributed by atoms with E-state index in [1.807, 2.05) is 0 Å². The molecule has 0 radical (unpaired) electrons. The highest BCUT2D eigenvalue weighted by atomic mass is 32.2. The molecule has 0 fully saturated rings. The number of rotatable bonds is 4. The molecule has 0 aliphatic rings. The predicted octanol–water partition coefficient (Wildman–Crippen LogP) is 0.778. The van der Waals surface area contributed by atoms with Crippen LogP contribution in [-0.4, -0.2) is 38.5 Å². The van der Waals surface area contributed by atoms with Crippen molar-refractivity contribution in [3.05, 3.63) is 29.6 Å². The van der Waals surface area contributed by atoms with Crippen LogP contribution in [0.15, 0.2) is 18.2 Å². The Bertz CT molecular complexity index is 603. The molecule has 2 N–H and O–H groups in total. The van der Waals surface area contributed by atoms with Gasteiger partial charge in [-0.2, -0.15) is 12.7 Å². The molecule has 7 heteroatoms. The van der Waals surface area contributed by atoms with Crippen molar-refractivity contribution in [2.45, 2.75) is 6.42 Å². The molecule has 1 aromatic carbocycles. The van der Waals surface area contributed by atoms with E-state index in [0.717, 1.165) is 10.4 Å². The molecule has 1 rings (SSSR count). The van der Waals surface area contributed by atoms with Crippen molar-refractivity contribution in [3.8, 4) is 11.8 Å². The second-order valence-corrected chi connectivity index (χ2v) is 5.74. The number of nitrogens with one attached hydrogen (secondary N) is 1. The molecule has 0 aliphatic heterocycles. The summed E-state index contributed by atoms with van der Waals surface area (Å²) in [4.78, 5) is 0. The number of aliphatic hydroxyl groups is 1. The largest absolute Gasteiger partial charge is 0.395 e. The van der Waals surface area contributed by atoms with Gasteiger partial charge in [0.15, 0.2) is 0 Å². The van der Waals surface area contributed by atoms with Gasteiger partial charge in [0.25, 0.3) is 0 Å². The molecule has 0 aromatic heterocycles. The number of aliphatic hydroxyl groups excluding tert-OH is 1. The van der Waals surface area contributed by atoms with E-state index >= 15 is 0 Å². The Morgan fingerprint density at radius 3 is 2.63 bits per heavy atom. The third-order valence-corrected chi connectivity index (χ3v) is 3.61. The molecule has 0 amide bonds. The Morgan fingerprint density at radius 1 is 1.42 bits per heavy atom. The molecule has 0 saturated heterocycles. The van der Waals surface area contributed by atoms with E-state index in [4.69, 9.17) is 5.11 Å². The third-order valence-electron chi connectivity index (χ3n) is 2.16. The lowest BCUT2D eigenvalue weighted by Crippen LogP contribution is -2.28. The number of hydrogen-bond acceptors (Lipinski definition) is 3. The Hall–Kier alpha value is -1.62. The molecule has 104 valence electrons. The van der Waals surface area contributed by atoms with Gasteiger partial charge in [-0.3, -0.25) is 4.72 Å². The number of nitrogens with zero attached hydrogens (tertiary/aromatic N) is 1. The fraction of sp³-hybridized carbons (Fsp3) is 0.333. The van der Waals surface area contributed by atoms with Crippen LogP contribution >= 0.6 is 0 Å². The van der Waals surface area contributed by atoms with Gasteiger partial charge in [-0.15, -0.1) is 0 Å². The van der Waals surface area contributed by atoms with Crippen molar-refractivity contribution in [2.75, 3.05) is 25.4 Å². The Balaban J connectivity index is 2.93. The van der Waals surface area contributed by atoms with Crippen molar-refractivity contribution >= 4 is 15.9 Å². The monoisotopic (exact) mass is 286 g/mol. The maximum atomic E-state index is 13.6. The van der Waals surface area contributed by atoms with E-state index < -0.39 is 16.0 Å². The molecule has 0 unspecified atom stereocenters. The molecular formula is C12H15FN2O3S. The van der Waals surface area contributed by atoms with Gasteiger partial charge in [0, 0.05) is 20.5 Å². The third kappa shape index (κ3) is 4.52. The molecule has 19 heavy (non-hydrogen) atoms. The van der Waals surface area contributed by atoms with Gasteiger partial charge in [-0.1, -0.05) is 11.8 Å². The summed E-state index contributed by atoms with van der Waals surface area (Å²) in [6.45, 7) is -0.0880. The maximum absolute atomic E-state index is 13.6. The summed E-state index contributed by atoms with van der Waals surface area (Å²) in [6, 6.07) is 3.87. The number of hydrogen-bond donors (Lipinski definition) is 2. The SMILES string of the molecule is CN(C)S(=O)(=O)Nc1ccc(C#CCCO)c(F)c1. The molecule has 0 bridgehead atoms. The summed E-state index contributed by atoms with van der Waals surface area (Å²) < 4.78 is 39.9. The van der Waals surface area contributed by atoms with Gasteiger partial charge in [0.1, 0.15) is 5.82 Å². The normalized spacial score (nSPS) is 11.0. The van der Waals surface area contributed by atoms with Crippen molar-refractivity contribution in [1.29, 1.82) is 0 Å². The lowest BCUT2D eigenvalue weighted by Gasteiger charge is -2.13. The van der Waals surface area contributed by atoms with Gasteiger partial charge in [-0.05, 0) is 18.2 Å². The quantitative estimate of drug-likeness (QED) is 0.804. The summed E-state index contributed by atoms with van der Waals surface area (Å²) in [5, 5.41) is 8.56. The maximum Gasteiger partial charge on any atom is 0.301 e. The number of anilines is 1. The van der Waals surface area contributed by atoms with Gasteiger partial charge >= 0.3 is 10.2 Å². The highest BCUT2D eigenvalue weighted by Crippen LogP contribution is 2.15. The van der Waals surface area contributed by atoms with Crippen molar-refractivity contribution in [3.63, 3.8) is 0 Å². The smallest absolute Gasteiger partial charge is 0.301 e. The van der Waals surface area contributed by atoms with Crippen LogP contribution in [0.4, 0.5) is 10.1 Å². The van der Waals surface area contributed by atoms with E-state index in [0.29, 0.717) is 0 Å².